The van der Waals surface area contributed by atoms with Crippen LogP contribution >= 0.6 is 11.8 Å². The van der Waals surface area contributed by atoms with Crippen molar-refractivity contribution in [1.29, 1.82) is 0 Å². The Morgan fingerprint density at radius 1 is 0.975 bits per heavy atom. The lowest BCUT2D eigenvalue weighted by atomic mass is 9.98. The number of carboxylic acid groups (broad SMARTS) is 1. The van der Waals surface area contributed by atoms with Crippen LogP contribution in [0.4, 0.5) is 0 Å². The lowest BCUT2D eigenvalue weighted by molar-refractivity contribution is -0.143. The third-order valence-corrected chi connectivity index (χ3v) is 6.97. The summed E-state index contributed by atoms with van der Waals surface area (Å²) in [5, 5.41) is 26.9. The number of hydrogen-bond donors (Lipinski definition) is 8. The van der Waals surface area contributed by atoms with E-state index < -0.39 is 47.9 Å². The molecule has 0 saturated heterocycles. The fourth-order valence-electron chi connectivity index (χ4n) is 3.74. The summed E-state index contributed by atoms with van der Waals surface area (Å²) in [6.45, 7) is 3.76. The van der Waals surface area contributed by atoms with E-state index in [1.54, 1.807) is 19.1 Å². The van der Waals surface area contributed by atoms with E-state index in [1.165, 1.54) is 23.9 Å². The van der Waals surface area contributed by atoms with E-state index in [0.717, 1.165) is 5.56 Å². The van der Waals surface area contributed by atoms with Crippen LogP contribution in [0.3, 0.4) is 0 Å². The Bertz CT molecular complexity index is 1000. The first kappa shape index (κ1) is 34.5. The zero-order chi connectivity index (χ0) is 30.2. The number of nitrogens with two attached hydrogens (primary N) is 3. The minimum atomic E-state index is -1.16. The number of amides is 3. The predicted octanol–water partition coefficient (Wildman–Crippen LogP) is -0.346. The molecular formula is C26H43N7O6S. The molecule has 13 nitrogen and oxygen atoms in total. The number of carbonyl (C=O) groups excluding carboxylic acids is 3. The van der Waals surface area contributed by atoms with Crippen molar-refractivity contribution < 1.29 is 29.4 Å². The van der Waals surface area contributed by atoms with E-state index in [9.17, 15) is 29.4 Å². The molecule has 0 saturated carbocycles. The highest BCUT2D eigenvalue weighted by atomic mass is 32.2. The van der Waals surface area contributed by atoms with Crippen LogP contribution in [-0.2, 0) is 25.6 Å². The van der Waals surface area contributed by atoms with Crippen LogP contribution in [0.15, 0.2) is 29.3 Å². The quantitative estimate of drug-likeness (QED) is 0.0637. The maximum absolute atomic E-state index is 13.3. The van der Waals surface area contributed by atoms with Gasteiger partial charge in [-0.25, -0.2) is 4.79 Å². The Balaban J connectivity index is 3.04. The fraction of sp³-hybridized carbons (Fsp3) is 0.577. The summed E-state index contributed by atoms with van der Waals surface area (Å²) in [5.74, 6) is -2.80. The third kappa shape index (κ3) is 12.6. The van der Waals surface area contributed by atoms with Crippen molar-refractivity contribution in [1.82, 2.24) is 16.0 Å². The summed E-state index contributed by atoms with van der Waals surface area (Å²) in [5.41, 5.74) is 17.5. The third-order valence-electron chi connectivity index (χ3n) is 6.33. The number of benzene rings is 1. The highest BCUT2D eigenvalue weighted by Crippen LogP contribution is 2.12. The van der Waals surface area contributed by atoms with Crippen molar-refractivity contribution in [2.45, 2.75) is 70.1 Å². The molecule has 0 unspecified atom stereocenters. The van der Waals surface area contributed by atoms with E-state index in [4.69, 9.17) is 17.2 Å². The molecule has 40 heavy (non-hydrogen) atoms. The van der Waals surface area contributed by atoms with E-state index in [1.807, 2.05) is 13.2 Å². The number of carbonyl (C=O) groups is 4. The molecule has 0 heterocycles. The molecule has 1 rings (SSSR count). The predicted molar refractivity (Wildman–Crippen MR) is 156 cm³/mol. The molecule has 14 heteroatoms. The SMILES string of the molecule is CC[C@H](C)[C@H](NC(=O)[C@H](CCSC)NC(=O)[C@H](CCCN=C(N)N)NC(=O)[C@@H](N)Cc1ccc(O)cc1)C(=O)O. The monoisotopic (exact) mass is 581 g/mol. The zero-order valence-electron chi connectivity index (χ0n) is 23.3. The largest absolute Gasteiger partial charge is 0.508 e. The highest BCUT2D eigenvalue weighted by Gasteiger charge is 2.31. The maximum atomic E-state index is 13.3. The zero-order valence-corrected chi connectivity index (χ0v) is 24.1. The van der Waals surface area contributed by atoms with Gasteiger partial charge in [-0.2, -0.15) is 11.8 Å². The van der Waals surface area contributed by atoms with Gasteiger partial charge in [-0.3, -0.25) is 19.4 Å². The van der Waals surface area contributed by atoms with Gasteiger partial charge in [-0.05, 0) is 61.3 Å². The summed E-state index contributed by atoms with van der Waals surface area (Å²) < 4.78 is 0. The standard InChI is InChI=1S/C26H43N7O6S/c1-4-15(2)21(25(38)39)33-24(37)20(11-13-40-3)32-23(36)19(6-5-12-30-26(28)29)31-22(35)18(27)14-16-7-9-17(34)10-8-16/h7-10,15,18-21,34H,4-6,11-14,27H2,1-3H3,(H,31,35)(H,32,36)(H,33,37)(H,38,39)(H4,28,29,30)/t15-,18-,19-,20-,21-/m0/s1. The Kier molecular flexibility index (Phi) is 15.5. The van der Waals surface area contributed by atoms with Gasteiger partial charge in [0.05, 0.1) is 6.04 Å². The molecule has 0 aromatic heterocycles. The number of aliphatic carboxylic acids is 1. The molecule has 1 aromatic rings. The molecule has 1 aromatic carbocycles. The summed E-state index contributed by atoms with van der Waals surface area (Å²) in [4.78, 5) is 54.9. The molecule has 0 spiro atoms. The normalized spacial score (nSPS) is 14.6. The van der Waals surface area contributed by atoms with E-state index in [-0.39, 0.29) is 43.4 Å². The van der Waals surface area contributed by atoms with Gasteiger partial charge in [0.15, 0.2) is 5.96 Å². The first-order chi connectivity index (χ1) is 18.9. The Morgan fingerprint density at radius 3 is 2.10 bits per heavy atom. The summed E-state index contributed by atoms with van der Waals surface area (Å²) >= 11 is 1.47. The van der Waals surface area contributed by atoms with Gasteiger partial charge >= 0.3 is 5.97 Å². The lowest BCUT2D eigenvalue weighted by Crippen LogP contribution is -2.58. The first-order valence-electron chi connectivity index (χ1n) is 13.1. The van der Waals surface area contributed by atoms with Gasteiger partial charge < -0.3 is 43.4 Å². The number of aliphatic imine (C=N–C) groups is 1. The number of thioether (sulfide) groups is 1. The van der Waals surface area contributed by atoms with Crippen LogP contribution in [0.1, 0.15) is 45.1 Å². The number of phenolic OH excluding ortho intramolecular Hbond substituents is 1. The van der Waals surface area contributed by atoms with E-state index >= 15 is 0 Å². The van der Waals surface area contributed by atoms with Crippen LogP contribution in [0, 0.1) is 5.92 Å². The number of carboxylic acids is 1. The molecule has 5 atom stereocenters. The van der Waals surface area contributed by atoms with Crippen LogP contribution in [0.5, 0.6) is 5.75 Å². The summed E-state index contributed by atoms with van der Waals surface area (Å²) in [7, 11) is 0. The molecule has 0 aliphatic carbocycles. The average Bonchev–Trinajstić information content (AvgIpc) is 2.91. The molecule has 11 N–H and O–H groups in total. The summed E-state index contributed by atoms with van der Waals surface area (Å²) in [6, 6.07) is 2.07. The second kappa shape index (κ2) is 17.9. The smallest absolute Gasteiger partial charge is 0.326 e. The average molecular weight is 582 g/mol. The number of rotatable bonds is 18. The fourth-order valence-corrected chi connectivity index (χ4v) is 4.21. The van der Waals surface area contributed by atoms with Crippen LogP contribution < -0.4 is 33.2 Å². The number of aromatic hydroxyl groups is 1. The first-order valence-corrected chi connectivity index (χ1v) is 14.5. The van der Waals surface area contributed by atoms with Crippen molar-refractivity contribution in [2.75, 3.05) is 18.6 Å². The van der Waals surface area contributed by atoms with Gasteiger partial charge in [0, 0.05) is 6.54 Å². The van der Waals surface area contributed by atoms with Crippen LogP contribution in [0.25, 0.3) is 0 Å². The molecule has 0 aliphatic rings. The minimum Gasteiger partial charge on any atom is -0.508 e. The molecule has 0 fully saturated rings. The molecule has 0 bridgehead atoms. The molecule has 0 radical (unpaired) electrons. The molecule has 0 aliphatic heterocycles. The topological polar surface area (TPSA) is 235 Å². The Labute approximate surface area is 239 Å². The van der Waals surface area contributed by atoms with Crippen LogP contribution in [0.2, 0.25) is 0 Å². The molecular weight excluding hydrogens is 538 g/mol. The van der Waals surface area contributed by atoms with Crippen molar-refractivity contribution >= 4 is 41.4 Å². The van der Waals surface area contributed by atoms with Gasteiger partial charge in [0.1, 0.15) is 23.9 Å². The molecule has 224 valence electrons. The van der Waals surface area contributed by atoms with Gasteiger partial charge in [0.2, 0.25) is 17.7 Å². The van der Waals surface area contributed by atoms with Gasteiger partial charge in [0.25, 0.3) is 0 Å². The lowest BCUT2D eigenvalue weighted by Gasteiger charge is -2.26. The Morgan fingerprint density at radius 2 is 1.55 bits per heavy atom. The second-order valence-corrected chi connectivity index (χ2v) is 10.5. The number of nitrogens with one attached hydrogen (secondary N) is 3. The van der Waals surface area contributed by atoms with E-state index in [0.29, 0.717) is 18.6 Å². The number of hydrogen-bond acceptors (Lipinski definition) is 8. The Hall–Kier alpha value is -3.52. The van der Waals surface area contributed by atoms with E-state index in [2.05, 4.69) is 20.9 Å². The van der Waals surface area contributed by atoms with Crippen molar-refractivity contribution in [3.63, 3.8) is 0 Å². The number of guanidine groups is 1. The highest BCUT2D eigenvalue weighted by molar-refractivity contribution is 7.98. The minimum absolute atomic E-state index is 0.0816. The number of nitrogens with zero attached hydrogens (tertiary/aromatic N) is 1. The van der Waals surface area contributed by atoms with Crippen LogP contribution in [-0.4, -0.2) is 82.6 Å². The van der Waals surface area contributed by atoms with Crippen molar-refractivity contribution in [2.24, 2.45) is 28.1 Å². The van der Waals surface area contributed by atoms with Gasteiger partial charge in [-0.1, -0.05) is 32.4 Å². The van der Waals surface area contributed by atoms with Crippen molar-refractivity contribution in [3.05, 3.63) is 29.8 Å². The summed E-state index contributed by atoms with van der Waals surface area (Å²) in [6.07, 6.45) is 3.30. The maximum Gasteiger partial charge on any atom is 0.326 e. The number of phenols is 1. The molecule has 3 amide bonds. The van der Waals surface area contributed by atoms with Gasteiger partial charge in [-0.15, -0.1) is 0 Å². The second-order valence-electron chi connectivity index (χ2n) is 9.54. The van der Waals surface area contributed by atoms with Crippen molar-refractivity contribution in [3.8, 4) is 5.75 Å².